The number of aliphatic carboxylic acids is 1. The van der Waals surface area contributed by atoms with Crippen LogP contribution < -0.4 is 0 Å². The first-order chi connectivity index (χ1) is 10.0. The Kier molecular flexibility index (Phi) is 3.81. The van der Waals surface area contributed by atoms with Crippen LogP contribution >= 0.6 is 0 Å². The Bertz CT molecular complexity index is 765. The zero-order valence-corrected chi connectivity index (χ0v) is 10.5. The Hall–Kier alpha value is -3.40. The van der Waals surface area contributed by atoms with E-state index in [2.05, 4.69) is 0 Å². The summed E-state index contributed by atoms with van der Waals surface area (Å²) in [5, 5.41) is 28.0. The van der Waals surface area contributed by atoms with Crippen LogP contribution in [0.2, 0.25) is 0 Å². The third-order valence-electron chi connectivity index (χ3n) is 2.63. The number of nitro groups is 1. The quantitative estimate of drug-likeness (QED) is 0.399. The SMILES string of the molecule is N#CC(=Cc1ccc(-c2ccc([N+](=O)[O-])cc2)o1)C(=O)O. The highest BCUT2D eigenvalue weighted by Gasteiger charge is 2.10. The minimum absolute atomic E-state index is 0.0388. The number of carboxylic acids is 1. The van der Waals surface area contributed by atoms with Crippen molar-refractivity contribution in [2.75, 3.05) is 0 Å². The van der Waals surface area contributed by atoms with E-state index in [9.17, 15) is 14.9 Å². The number of furan rings is 1. The van der Waals surface area contributed by atoms with E-state index in [1.54, 1.807) is 12.1 Å². The van der Waals surface area contributed by atoms with E-state index in [0.29, 0.717) is 11.3 Å². The van der Waals surface area contributed by atoms with Gasteiger partial charge in [0.15, 0.2) is 0 Å². The van der Waals surface area contributed by atoms with Gasteiger partial charge in [0, 0.05) is 23.8 Å². The van der Waals surface area contributed by atoms with E-state index in [0.717, 1.165) is 6.08 Å². The molecular formula is C14H8N2O5. The summed E-state index contributed by atoms with van der Waals surface area (Å²) in [5.41, 5.74) is 0.122. The number of rotatable bonds is 4. The van der Waals surface area contributed by atoms with E-state index in [1.807, 2.05) is 0 Å². The molecule has 0 spiro atoms. The second-order valence-electron chi connectivity index (χ2n) is 3.98. The van der Waals surface area contributed by atoms with Crippen molar-refractivity contribution in [3.05, 3.63) is 57.8 Å². The average Bonchev–Trinajstić information content (AvgIpc) is 2.93. The number of benzene rings is 1. The first-order valence-corrected chi connectivity index (χ1v) is 5.71. The van der Waals surface area contributed by atoms with Gasteiger partial charge in [0.1, 0.15) is 23.2 Å². The van der Waals surface area contributed by atoms with Crippen LogP contribution in [0.15, 0.2) is 46.4 Å². The lowest BCUT2D eigenvalue weighted by atomic mass is 10.1. The molecule has 0 saturated carbocycles. The smallest absolute Gasteiger partial charge is 0.346 e. The van der Waals surface area contributed by atoms with Crippen molar-refractivity contribution in [1.82, 2.24) is 0 Å². The van der Waals surface area contributed by atoms with Crippen molar-refractivity contribution < 1.29 is 19.2 Å². The molecule has 0 aliphatic heterocycles. The van der Waals surface area contributed by atoms with E-state index in [4.69, 9.17) is 14.8 Å². The lowest BCUT2D eigenvalue weighted by molar-refractivity contribution is -0.384. The number of hydrogen-bond acceptors (Lipinski definition) is 5. The molecule has 0 unspecified atom stereocenters. The van der Waals surface area contributed by atoms with Crippen LogP contribution in [0.25, 0.3) is 17.4 Å². The molecule has 104 valence electrons. The fourth-order valence-corrected chi connectivity index (χ4v) is 1.62. The molecule has 0 amide bonds. The number of carboxylic acid groups (broad SMARTS) is 1. The van der Waals surface area contributed by atoms with Gasteiger partial charge in [-0.15, -0.1) is 0 Å². The molecule has 0 bridgehead atoms. The van der Waals surface area contributed by atoms with Gasteiger partial charge in [0.2, 0.25) is 0 Å². The van der Waals surface area contributed by atoms with Crippen molar-refractivity contribution in [3.8, 4) is 17.4 Å². The van der Waals surface area contributed by atoms with Gasteiger partial charge in [0.25, 0.3) is 5.69 Å². The van der Waals surface area contributed by atoms with Crippen molar-refractivity contribution >= 4 is 17.7 Å². The van der Waals surface area contributed by atoms with Crippen LogP contribution in [-0.2, 0) is 4.79 Å². The number of non-ortho nitro benzene ring substituents is 1. The number of carbonyl (C=O) groups is 1. The number of nitriles is 1. The molecule has 21 heavy (non-hydrogen) atoms. The van der Waals surface area contributed by atoms with Gasteiger partial charge in [-0.05, 0) is 24.3 Å². The van der Waals surface area contributed by atoms with Crippen LogP contribution in [0.3, 0.4) is 0 Å². The van der Waals surface area contributed by atoms with Gasteiger partial charge in [0.05, 0.1) is 4.92 Å². The zero-order chi connectivity index (χ0) is 15.4. The Balaban J connectivity index is 2.30. The van der Waals surface area contributed by atoms with E-state index in [1.165, 1.54) is 30.3 Å². The Morgan fingerprint density at radius 2 is 1.95 bits per heavy atom. The molecule has 1 heterocycles. The van der Waals surface area contributed by atoms with E-state index in [-0.39, 0.29) is 11.4 Å². The molecule has 0 radical (unpaired) electrons. The van der Waals surface area contributed by atoms with Crippen LogP contribution in [-0.4, -0.2) is 16.0 Å². The molecule has 0 atom stereocenters. The fraction of sp³-hybridized carbons (Fsp3) is 0. The van der Waals surface area contributed by atoms with Gasteiger partial charge in [-0.25, -0.2) is 4.79 Å². The van der Waals surface area contributed by atoms with Crippen molar-refractivity contribution in [1.29, 1.82) is 5.26 Å². The first-order valence-electron chi connectivity index (χ1n) is 5.71. The number of nitrogens with zero attached hydrogens (tertiary/aromatic N) is 2. The largest absolute Gasteiger partial charge is 0.477 e. The number of nitro benzene ring substituents is 1. The average molecular weight is 284 g/mol. The third kappa shape index (κ3) is 3.13. The highest BCUT2D eigenvalue weighted by atomic mass is 16.6. The summed E-state index contributed by atoms with van der Waals surface area (Å²) in [7, 11) is 0. The summed E-state index contributed by atoms with van der Waals surface area (Å²) in [6.45, 7) is 0. The molecule has 7 heteroatoms. The summed E-state index contributed by atoms with van der Waals surface area (Å²) < 4.78 is 5.39. The van der Waals surface area contributed by atoms with Crippen molar-refractivity contribution in [2.24, 2.45) is 0 Å². The summed E-state index contributed by atoms with van der Waals surface area (Å²) in [6.07, 6.45) is 1.11. The molecule has 0 aliphatic rings. The minimum atomic E-state index is -1.34. The molecule has 1 aromatic carbocycles. The molecule has 2 aromatic rings. The predicted molar refractivity (Wildman–Crippen MR) is 72.0 cm³/mol. The van der Waals surface area contributed by atoms with Gasteiger partial charge >= 0.3 is 5.97 Å². The third-order valence-corrected chi connectivity index (χ3v) is 2.63. The lowest BCUT2D eigenvalue weighted by Gasteiger charge is -1.96. The molecule has 0 fully saturated rings. The van der Waals surface area contributed by atoms with E-state index >= 15 is 0 Å². The molecular weight excluding hydrogens is 276 g/mol. The van der Waals surface area contributed by atoms with E-state index < -0.39 is 16.5 Å². The van der Waals surface area contributed by atoms with Gasteiger partial charge in [-0.2, -0.15) is 5.26 Å². The van der Waals surface area contributed by atoms with Crippen LogP contribution in [0, 0.1) is 21.4 Å². The second kappa shape index (κ2) is 5.71. The molecule has 0 saturated heterocycles. The Labute approximate surface area is 118 Å². The summed E-state index contributed by atoms with van der Waals surface area (Å²) in [5.74, 6) is -0.716. The summed E-state index contributed by atoms with van der Waals surface area (Å²) >= 11 is 0. The number of hydrogen-bond donors (Lipinski definition) is 1. The first kappa shape index (κ1) is 14.0. The maximum Gasteiger partial charge on any atom is 0.346 e. The van der Waals surface area contributed by atoms with Crippen LogP contribution in [0.4, 0.5) is 5.69 Å². The topological polar surface area (TPSA) is 117 Å². The van der Waals surface area contributed by atoms with Crippen molar-refractivity contribution in [3.63, 3.8) is 0 Å². The Morgan fingerprint density at radius 3 is 2.48 bits per heavy atom. The standard InChI is InChI=1S/C14H8N2O5/c15-8-10(14(17)18)7-12-5-6-13(21-12)9-1-3-11(4-2-9)16(19)20/h1-7H,(H,17,18). The normalized spacial score (nSPS) is 10.9. The highest BCUT2D eigenvalue weighted by Crippen LogP contribution is 2.25. The maximum atomic E-state index is 10.7. The predicted octanol–water partition coefficient (Wildman–Crippen LogP) is 2.85. The van der Waals surface area contributed by atoms with Gasteiger partial charge in [-0.1, -0.05) is 0 Å². The van der Waals surface area contributed by atoms with Crippen LogP contribution in [0.1, 0.15) is 5.76 Å². The molecule has 7 nitrogen and oxygen atoms in total. The highest BCUT2D eigenvalue weighted by molar-refractivity contribution is 5.96. The van der Waals surface area contributed by atoms with Gasteiger partial charge in [-0.3, -0.25) is 10.1 Å². The maximum absolute atomic E-state index is 10.7. The summed E-state index contributed by atoms with van der Waals surface area (Å²) in [6, 6.07) is 10.4. The molecule has 0 aliphatic carbocycles. The summed E-state index contributed by atoms with van der Waals surface area (Å²) in [4.78, 5) is 20.8. The Morgan fingerprint density at radius 1 is 1.29 bits per heavy atom. The van der Waals surface area contributed by atoms with Crippen molar-refractivity contribution in [2.45, 2.75) is 0 Å². The molecule has 1 aromatic heterocycles. The lowest BCUT2D eigenvalue weighted by Crippen LogP contribution is -1.96. The zero-order valence-electron chi connectivity index (χ0n) is 10.5. The monoisotopic (exact) mass is 284 g/mol. The minimum Gasteiger partial charge on any atom is -0.477 e. The molecule has 1 N–H and O–H groups in total. The van der Waals surface area contributed by atoms with Gasteiger partial charge < -0.3 is 9.52 Å². The van der Waals surface area contributed by atoms with Crippen LogP contribution in [0.5, 0.6) is 0 Å². The fourth-order valence-electron chi connectivity index (χ4n) is 1.62. The second-order valence-corrected chi connectivity index (χ2v) is 3.98. The molecule has 2 rings (SSSR count).